The number of rotatable bonds is 2. The first-order valence-corrected chi connectivity index (χ1v) is 9.71. The molecule has 0 radical (unpaired) electrons. The van der Waals surface area contributed by atoms with Crippen LogP contribution in [-0.2, 0) is 28.6 Å². The molecule has 1 aliphatic heterocycles. The Hall–Kier alpha value is -1.69. The van der Waals surface area contributed by atoms with Crippen molar-refractivity contribution in [3.63, 3.8) is 0 Å². The van der Waals surface area contributed by atoms with Crippen LogP contribution in [0.25, 0.3) is 0 Å². The summed E-state index contributed by atoms with van der Waals surface area (Å²) in [7, 11) is 2.98. The lowest BCUT2D eigenvalue weighted by molar-refractivity contribution is -0.192. The summed E-state index contributed by atoms with van der Waals surface area (Å²) in [6.07, 6.45) is 1.36. The fraction of sp³-hybridized carbons (Fsp3) is 0.762. The van der Waals surface area contributed by atoms with Gasteiger partial charge in [0.25, 0.3) is 0 Å². The Morgan fingerprint density at radius 3 is 2.41 bits per heavy atom. The minimum absolute atomic E-state index is 0.0399. The van der Waals surface area contributed by atoms with Crippen LogP contribution < -0.4 is 0 Å². The zero-order valence-corrected chi connectivity index (χ0v) is 16.8. The quantitative estimate of drug-likeness (QED) is 0.687. The normalized spacial score (nSPS) is 51.3. The first-order valence-electron chi connectivity index (χ1n) is 9.71. The zero-order valence-electron chi connectivity index (χ0n) is 16.8. The van der Waals surface area contributed by atoms with Crippen molar-refractivity contribution in [2.45, 2.75) is 46.3 Å². The molecule has 148 valence electrons. The van der Waals surface area contributed by atoms with Crippen LogP contribution in [0.4, 0.5) is 0 Å². The molecule has 4 rings (SSSR count). The van der Waals surface area contributed by atoms with E-state index in [1.807, 2.05) is 33.8 Å². The average Bonchev–Trinajstić information content (AvgIpc) is 2.86. The highest BCUT2D eigenvalue weighted by Gasteiger charge is 2.75. The number of methoxy groups -OCH3 is 2. The van der Waals surface area contributed by atoms with E-state index in [2.05, 4.69) is 0 Å². The molecule has 1 heterocycles. The highest BCUT2D eigenvalue weighted by molar-refractivity contribution is 6.05. The van der Waals surface area contributed by atoms with E-state index in [1.165, 1.54) is 14.2 Å². The van der Waals surface area contributed by atoms with Crippen LogP contribution in [0.3, 0.4) is 0 Å². The lowest BCUT2D eigenvalue weighted by atomic mass is 9.40. The van der Waals surface area contributed by atoms with E-state index < -0.39 is 28.8 Å². The second kappa shape index (κ2) is 5.66. The van der Waals surface area contributed by atoms with Crippen LogP contribution in [-0.4, -0.2) is 44.0 Å². The van der Waals surface area contributed by atoms with Crippen molar-refractivity contribution < 1.29 is 28.6 Å². The summed E-state index contributed by atoms with van der Waals surface area (Å²) < 4.78 is 16.7. The lowest BCUT2D eigenvalue weighted by Crippen LogP contribution is -2.69. The zero-order chi connectivity index (χ0) is 19.9. The summed E-state index contributed by atoms with van der Waals surface area (Å²) in [4.78, 5) is 39.9. The van der Waals surface area contributed by atoms with Crippen LogP contribution in [0.5, 0.6) is 0 Å². The molecule has 6 nitrogen and oxygen atoms in total. The minimum Gasteiger partial charge on any atom is -0.493 e. The Bertz CT molecular complexity index is 756. The summed E-state index contributed by atoms with van der Waals surface area (Å²) in [5, 5.41) is 0. The molecule has 0 bridgehead atoms. The Kier molecular flexibility index (Phi) is 3.91. The Morgan fingerprint density at radius 1 is 1.15 bits per heavy atom. The van der Waals surface area contributed by atoms with Crippen LogP contribution in [0.1, 0.15) is 34.1 Å². The number of ether oxygens (including phenoxy) is 3. The summed E-state index contributed by atoms with van der Waals surface area (Å²) in [5.41, 5.74) is -1.65. The average molecular weight is 376 g/mol. The number of carbonyl (C=O) groups is 3. The summed E-state index contributed by atoms with van der Waals surface area (Å²) in [6.45, 7) is 7.76. The fourth-order valence-electron chi connectivity index (χ4n) is 7.03. The summed E-state index contributed by atoms with van der Waals surface area (Å²) >= 11 is 0. The number of hydrogen-bond donors (Lipinski definition) is 0. The fourth-order valence-corrected chi connectivity index (χ4v) is 7.03. The molecule has 2 saturated carbocycles. The van der Waals surface area contributed by atoms with Gasteiger partial charge in [-0.05, 0) is 24.3 Å². The van der Waals surface area contributed by atoms with E-state index in [0.717, 1.165) is 0 Å². The largest absolute Gasteiger partial charge is 0.493 e. The number of carbonyl (C=O) groups excluding carboxylic acids is 3. The molecule has 9 atom stereocenters. The van der Waals surface area contributed by atoms with Crippen molar-refractivity contribution in [2.24, 2.45) is 40.4 Å². The first-order chi connectivity index (χ1) is 12.6. The van der Waals surface area contributed by atoms with E-state index >= 15 is 0 Å². The van der Waals surface area contributed by atoms with Crippen molar-refractivity contribution in [1.82, 2.24) is 0 Å². The van der Waals surface area contributed by atoms with Crippen LogP contribution in [0, 0.1) is 40.4 Å². The van der Waals surface area contributed by atoms with Gasteiger partial charge in [-0.2, -0.15) is 0 Å². The third kappa shape index (κ3) is 1.97. The maximum absolute atomic E-state index is 13.6. The molecule has 3 aliphatic carbocycles. The first kappa shape index (κ1) is 18.7. The van der Waals surface area contributed by atoms with E-state index in [4.69, 9.17) is 14.2 Å². The monoisotopic (exact) mass is 376 g/mol. The van der Waals surface area contributed by atoms with Crippen LogP contribution in [0.15, 0.2) is 11.8 Å². The molecule has 6 heteroatoms. The van der Waals surface area contributed by atoms with Gasteiger partial charge in [-0.25, -0.2) is 0 Å². The molecule has 0 spiro atoms. The highest BCUT2D eigenvalue weighted by atomic mass is 16.6. The molecule has 0 aromatic heterocycles. The minimum atomic E-state index is -0.939. The van der Waals surface area contributed by atoms with Gasteiger partial charge in [0.15, 0.2) is 11.5 Å². The van der Waals surface area contributed by atoms with Crippen LogP contribution >= 0.6 is 0 Å². The Balaban J connectivity index is 1.95. The topological polar surface area (TPSA) is 78.9 Å². The summed E-state index contributed by atoms with van der Waals surface area (Å²) in [6, 6.07) is 0. The van der Waals surface area contributed by atoms with E-state index in [9.17, 15) is 14.4 Å². The van der Waals surface area contributed by atoms with E-state index in [0.29, 0.717) is 12.2 Å². The van der Waals surface area contributed by atoms with Crippen LogP contribution in [0.2, 0.25) is 0 Å². The third-order valence-corrected chi connectivity index (χ3v) is 8.14. The van der Waals surface area contributed by atoms with Gasteiger partial charge in [0.1, 0.15) is 12.2 Å². The lowest BCUT2D eigenvalue weighted by Gasteiger charge is -2.61. The van der Waals surface area contributed by atoms with Gasteiger partial charge in [-0.1, -0.05) is 27.7 Å². The van der Waals surface area contributed by atoms with Gasteiger partial charge in [-0.15, -0.1) is 0 Å². The number of fused-ring (bicyclic) bond motifs is 2. The van der Waals surface area contributed by atoms with Gasteiger partial charge in [-0.3, -0.25) is 14.4 Å². The molecule has 0 amide bonds. The van der Waals surface area contributed by atoms with Gasteiger partial charge in [0.05, 0.1) is 13.0 Å². The maximum Gasteiger partial charge on any atom is 0.310 e. The maximum atomic E-state index is 13.6. The molecule has 0 aromatic rings. The molecule has 1 saturated heterocycles. The van der Waals surface area contributed by atoms with Crippen molar-refractivity contribution in [2.75, 3.05) is 14.2 Å². The second-order valence-electron chi connectivity index (χ2n) is 9.17. The van der Waals surface area contributed by atoms with Crippen molar-refractivity contribution >= 4 is 17.5 Å². The summed E-state index contributed by atoms with van der Waals surface area (Å²) in [5.74, 6) is -1.61. The number of hydrogen-bond acceptors (Lipinski definition) is 6. The van der Waals surface area contributed by atoms with E-state index in [-0.39, 0.29) is 41.4 Å². The Labute approximate surface area is 159 Å². The number of Topliss-reactive ketones (excluding diaryl/α,β-unsaturated/α-hetero) is 2. The number of ketones is 2. The van der Waals surface area contributed by atoms with Gasteiger partial charge in [0.2, 0.25) is 5.78 Å². The molecule has 2 unspecified atom stereocenters. The SMILES string of the molecule is COC1=C[C@@H](C)[C@@H]2C[C@H]3OC(=O)[C@H]4C(C)C(OC)C(=O)[C@H]([C@@]2(C)C1=O)[C@@]34C. The second-order valence-corrected chi connectivity index (χ2v) is 9.17. The molecule has 4 aliphatic rings. The van der Waals surface area contributed by atoms with Crippen molar-refractivity contribution in [3.05, 3.63) is 11.8 Å². The number of esters is 1. The highest BCUT2D eigenvalue weighted by Crippen LogP contribution is 2.68. The smallest absolute Gasteiger partial charge is 0.310 e. The molecular formula is C21H28O6. The van der Waals surface area contributed by atoms with Crippen molar-refractivity contribution in [3.8, 4) is 0 Å². The van der Waals surface area contributed by atoms with Gasteiger partial charge < -0.3 is 14.2 Å². The standard InChI is InChI=1S/C21H28O6/c1-9-7-12(25-5)18(23)20(3)11(9)8-13-21(4)14(19(24)27-13)10(2)16(26-6)15(22)17(20)21/h7,9-11,13-14,16-17H,8H2,1-6H3/t9-,10?,11+,13-,14-,16?,17-,20+,21+/m1/s1. The number of allylic oxidation sites excluding steroid dienone is 2. The molecular weight excluding hydrogens is 348 g/mol. The van der Waals surface area contributed by atoms with Gasteiger partial charge >= 0.3 is 5.97 Å². The van der Waals surface area contributed by atoms with E-state index in [1.54, 1.807) is 0 Å². The predicted molar refractivity (Wildman–Crippen MR) is 95.4 cm³/mol. The Morgan fingerprint density at radius 2 is 1.81 bits per heavy atom. The van der Waals surface area contributed by atoms with Crippen molar-refractivity contribution in [1.29, 1.82) is 0 Å². The molecule has 3 fully saturated rings. The molecule has 0 N–H and O–H groups in total. The molecule has 27 heavy (non-hydrogen) atoms. The predicted octanol–water partition coefficient (Wildman–Crippen LogP) is 2.16. The molecule has 0 aromatic carbocycles. The van der Waals surface area contributed by atoms with Gasteiger partial charge in [0, 0.05) is 29.8 Å². The third-order valence-electron chi connectivity index (χ3n) is 8.14.